The molecule has 0 radical (unpaired) electrons. The summed E-state index contributed by atoms with van der Waals surface area (Å²) in [6.07, 6.45) is 2.74. The number of nitrogens with two attached hydrogens (primary N) is 1. The van der Waals surface area contributed by atoms with Crippen LogP contribution < -0.4 is 10.6 Å². The number of methoxy groups -OCH3 is 1. The lowest BCUT2D eigenvalue weighted by Gasteiger charge is -2.19. The summed E-state index contributed by atoms with van der Waals surface area (Å²) in [5, 5.41) is 0. The van der Waals surface area contributed by atoms with Crippen LogP contribution in [-0.4, -0.2) is 37.7 Å². The van der Waals surface area contributed by atoms with Gasteiger partial charge in [0.25, 0.3) is 0 Å². The molecule has 1 saturated heterocycles. The molecule has 1 aromatic heterocycles. The van der Waals surface area contributed by atoms with E-state index in [1.807, 2.05) is 0 Å². The van der Waals surface area contributed by atoms with Gasteiger partial charge in [-0.2, -0.15) is 0 Å². The lowest BCUT2D eigenvalue weighted by Crippen LogP contribution is -2.25. The summed E-state index contributed by atoms with van der Waals surface area (Å²) in [5.74, 6) is 0.849. The smallest absolute Gasteiger partial charge is 0.341 e. The molecule has 0 amide bonds. The Kier molecular flexibility index (Phi) is 3.58. The minimum absolute atomic E-state index is 0.343. The topological polar surface area (TPSA) is 68.5 Å². The van der Waals surface area contributed by atoms with E-state index < -0.39 is 0 Å². The zero-order valence-electron chi connectivity index (χ0n) is 9.93. The number of esters is 1. The number of rotatable bonds is 3. The van der Waals surface area contributed by atoms with Crippen LogP contribution in [0.25, 0.3) is 0 Å². The Morgan fingerprint density at radius 2 is 2.53 bits per heavy atom. The molecule has 17 heavy (non-hydrogen) atoms. The molecule has 2 N–H and O–H groups in total. The van der Waals surface area contributed by atoms with Gasteiger partial charge in [0.05, 0.1) is 7.11 Å². The van der Waals surface area contributed by atoms with Gasteiger partial charge in [0.1, 0.15) is 11.4 Å². The molecule has 1 fully saturated rings. The molecule has 0 aromatic carbocycles. The molecule has 1 aliphatic rings. The number of carbonyl (C=O) groups is 1. The van der Waals surface area contributed by atoms with Crippen molar-refractivity contribution in [3.8, 4) is 0 Å². The average molecular weight is 235 g/mol. The number of nitrogens with zero attached hydrogens (tertiary/aromatic N) is 2. The van der Waals surface area contributed by atoms with Gasteiger partial charge in [-0.05, 0) is 31.0 Å². The number of anilines is 1. The van der Waals surface area contributed by atoms with Gasteiger partial charge in [-0.25, -0.2) is 9.78 Å². The molecule has 1 atom stereocenters. The highest BCUT2D eigenvalue weighted by atomic mass is 16.5. The van der Waals surface area contributed by atoms with Crippen LogP contribution in [0.1, 0.15) is 16.8 Å². The Balaban J connectivity index is 2.23. The second-order valence-electron chi connectivity index (χ2n) is 4.20. The van der Waals surface area contributed by atoms with Crippen molar-refractivity contribution in [3.63, 3.8) is 0 Å². The predicted molar refractivity (Wildman–Crippen MR) is 65.0 cm³/mol. The van der Waals surface area contributed by atoms with E-state index in [1.165, 1.54) is 7.11 Å². The molecule has 0 saturated carbocycles. The molecule has 5 nitrogen and oxygen atoms in total. The molecular weight excluding hydrogens is 218 g/mol. The molecule has 1 unspecified atom stereocenters. The van der Waals surface area contributed by atoms with Crippen molar-refractivity contribution in [2.75, 3.05) is 31.6 Å². The standard InChI is InChI=1S/C12H17N3O2/c1-17-12(16)10-3-2-5-14-11(10)15-6-4-9(7-13)8-15/h2-3,5,9H,4,6-8,13H2,1H3. The van der Waals surface area contributed by atoms with Crippen molar-refractivity contribution in [1.82, 2.24) is 4.98 Å². The molecule has 2 heterocycles. The van der Waals surface area contributed by atoms with Crippen LogP contribution >= 0.6 is 0 Å². The van der Waals surface area contributed by atoms with Gasteiger partial charge < -0.3 is 15.4 Å². The second-order valence-corrected chi connectivity index (χ2v) is 4.20. The van der Waals surface area contributed by atoms with Crippen molar-refractivity contribution in [2.24, 2.45) is 11.7 Å². The number of aromatic nitrogens is 1. The molecule has 92 valence electrons. The van der Waals surface area contributed by atoms with E-state index in [0.717, 1.165) is 19.5 Å². The maximum absolute atomic E-state index is 11.6. The zero-order valence-corrected chi connectivity index (χ0v) is 9.93. The third-order valence-corrected chi connectivity index (χ3v) is 3.11. The van der Waals surface area contributed by atoms with Gasteiger partial charge in [-0.1, -0.05) is 0 Å². The first-order valence-corrected chi connectivity index (χ1v) is 5.74. The summed E-state index contributed by atoms with van der Waals surface area (Å²) < 4.78 is 4.76. The van der Waals surface area contributed by atoms with Gasteiger partial charge >= 0.3 is 5.97 Å². The van der Waals surface area contributed by atoms with Crippen molar-refractivity contribution in [2.45, 2.75) is 6.42 Å². The quantitative estimate of drug-likeness (QED) is 0.779. The number of ether oxygens (including phenoxy) is 1. The summed E-state index contributed by atoms with van der Waals surface area (Å²) in [4.78, 5) is 18.0. The van der Waals surface area contributed by atoms with Crippen molar-refractivity contribution in [3.05, 3.63) is 23.9 Å². The van der Waals surface area contributed by atoms with Gasteiger partial charge in [0, 0.05) is 19.3 Å². The minimum atomic E-state index is -0.343. The third kappa shape index (κ3) is 2.39. The van der Waals surface area contributed by atoms with E-state index in [-0.39, 0.29) is 5.97 Å². The van der Waals surface area contributed by atoms with Crippen LogP contribution in [0.3, 0.4) is 0 Å². The van der Waals surface area contributed by atoms with Crippen LogP contribution in [0, 0.1) is 5.92 Å². The van der Waals surface area contributed by atoms with Crippen molar-refractivity contribution < 1.29 is 9.53 Å². The number of pyridine rings is 1. The van der Waals surface area contributed by atoms with E-state index in [1.54, 1.807) is 18.3 Å². The van der Waals surface area contributed by atoms with Crippen LogP contribution in [0.2, 0.25) is 0 Å². The minimum Gasteiger partial charge on any atom is -0.465 e. The van der Waals surface area contributed by atoms with Crippen molar-refractivity contribution >= 4 is 11.8 Å². The van der Waals surface area contributed by atoms with E-state index in [2.05, 4.69) is 9.88 Å². The third-order valence-electron chi connectivity index (χ3n) is 3.11. The number of hydrogen-bond donors (Lipinski definition) is 1. The summed E-state index contributed by atoms with van der Waals surface area (Å²) >= 11 is 0. The lowest BCUT2D eigenvalue weighted by molar-refractivity contribution is 0.0601. The van der Waals surface area contributed by atoms with Gasteiger partial charge in [0.15, 0.2) is 0 Å². The average Bonchev–Trinajstić information content (AvgIpc) is 2.86. The highest BCUT2D eigenvalue weighted by molar-refractivity contribution is 5.94. The fourth-order valence-corrected chi connectivity index (χ4v) is 2.14. The summed E-state index contributed by atoms with van der Waals surface area (Å²) in [6, 6.07) is 3.48. The summed E-state index contributed by atoms with van der Waals surface area (Å²) in [6.45, 7) is 2.43. The number of carbonyl (C=O) groups excluding carboxylic acids is 1. The fourth-order valence-electron chi connectivity index (χ4n) is 2.14. The summed E-state index contributed by atoms with van der Waals surface area (Å²) in [7, 11) is 1.38. The molecule has 0 spiro atoms. The first-order valence-electron chi connectivity index (χ1n) is 5.74. The van der Waals surface area contributed by atoms with E-state index >= 15 is 0 Å². The van der Waals surface area contributed by atoms with Crippen LogP contribution in [-0.2, 0) is 4.74 Å². The maximum Gasteiger partial charge on any atom is 0.341 e. The first kappa shape index (κ1) is 11.9. The Morgan fingerprint density at radius 1 is 1.71 bits per heavy atom. The van der Waals surface area contributed by atoms with Gasteiger partial charge in [-0.15, -0.1) is 0 Å². The van der Waals surface area contributed by atoms with Crippen molar-refractivity contribution in [1.29, 1.82) is 0 Å². The molecular formula is C12H17N3O2. The van der Waals surface area contributed by atoms with Gasteiger partial charge in [-0.3, -0.25) is 0 Å². The SMILES string of the molecule is COC(=O)c1cccnc1N1CCC(CN)C1. The zero-order chi connectivity index (χ0) is 12.3. The normalized spacial score (nSPS) is 19.4. The number of hydrogen-bond acceptors (Lipinski definition) is 5. The maximum atomic E-state index is 11.6. The largest absolute Gasteiger partial charge is 0.465 e. The Morgan fingerprint density at radius 3 is 3.18 bits per heavy atom. The molecule has 5 heteroatoms. The van der Waals surface area contributed by atoms with Gasteiger partial charge in [0.2, 0.25) is 0 Å². The van der Waals surface area contributed by atoms with E-state index in [4.69, 9.17) is 10.5 Å². The highest BCUT2D eigenvalue weighted by Crippen LogP contribution is 2.24. The highest BCUT2D eigenvalue weighted by Gasteiger charge is 2.25. The van der Waals surface area contributed by atoms with Crippen LogP contribution in [0.15, 0.2) is 18.3 Å². The van der Waals surface area contributed by atoms with Crippen LogP contribution in [0.4, 0.5) is 5.82 Å². The Hall–Kier alpha value is -1.62. The molecule has 0 bridgehead atoms. The molecule has 1 aromatic rings. The summed E-state index contributed by atoms with van der Waals surface area (Å²) in [5.41, 5.74) is 6.18. The Labute approximate surface area is 101 Å². The Bertz CT molecular complexity index is 408. The van der Waals surface area contributed by atoms with Crippen LogP contribution in [0.5, 0.6) is 0 Å². The van der Waals surface area contributed by atoms with E-state index in [9.17, 15) is 4.79 Å². The fraction of sp³-hybridized carbons (Fsp3) is 0.500. The van der Waals surface area contributed by atoms with E-state index in [0.29, 0.717) is 23.8 Å². The molecule has 2 rings (SSSR count). The monoisotopic (exact) mass is 235 g/mol. The predicted octanol–water partition coefficient (Wildman–Crippen LogP) is 0.653. The molecule has 0 aliphatic carbocycles. The second kappa shape index (κ2) is 5.14. The molecule has 1 aliphatic heterocycles. The lowest BCUT2D eigenvalue weighted by atomic mass is 10.1. The first-order chi connectivity index (χ1) is 8.26.